The highest BCUT2D eigenvalue weighted by Gasteiger charge is 2.56. The molecule has 0 heterocycles. The van der Waals surface area contributed by atoms with E-state index in [0.717, 1.165) is 12.3 Å². The van der Waals surface area contributed by atoms with Gasteiger partial charge in [-0.2, -0.15) is 0 Å². The fraction of sp³-hybridized carbons (Fsp3) is 0.667. The van der Waals surface area contributed by atoms with Gasteiger partial charge in [0.2, 0.25) is 0 Å². The van der Waals surface area contributed by atoms with Crippen LogP contribution in [0.2, 0.25) is 0 Å². The summed E-state index contributed by atoms with van der Waals surface area (Å²) in [6.45, 7) is 5.43. The molecule has 110 valence electrons. The van der Waals surface area contributed by atoms with Crippen molar-refractivity contribution in [3.8, 4) is 5.75 Å². The summed E-state index contributed by atoms with van der Waals surface area (Å²) >= 11 is 0. The van der Waals surface area contributed by atoms with Gasteiger partial charge < -0.3 is 10.1 Å². The summed E-state index contributed by atoms with van der Waals surface area (Å²) in [7, 11) is 0. The Morgan fingerprint density at radius 1 is 1.20 bits per heavy atom. The lowest BCUT2D eigenvalue weighted by atomic mass is 9.55. The number of benzene rings is 1. The highest BCUT2D eigenvalue weighted by atomic mass is 16.5. The van der Waals surface area contributed by atoms with E-state index in [4.69, 9.17) is 4.74 Å². The van der Waals surface area contributed by atoms with Crippen molar-refractivity contribution in [1.82, 2.24) is 5.32 Å². The molecular weight excluding hydrogens is 246 g/mol. The Balaban J connectivity index is 1.75. The first kappa shape index (κ1) is 13.9. The minimum absolute atomic E-state index is 0.399. The SMILES string of the molecule is CCNC1CC(Oc2ccccc2C)C12CCCCC2. The molecule has 0 amide bonds. The molecule has 2 aliphatic rings. The van der Waals surface area contributed by atoms with Gasteiger partial charge in [-0.3, -0.25) is 0 Å². The first-order valence-corrected chi connectivity index (χ1v) is 8.22. The largest absolute Gasteiger partial charge is 0.489 e. The van der Waals surface area contributed by atoms with Crippen LogP contribution in [-0.2, 0) is 0 Å². The molecule has 0 radical (unpaired) electrons. The van der Waals surface area contributed by atoms with Gasteiger partial charge in [-0.05, 0) is 37.9 Å². The molecule has 1 aromatic rings. The van der Waals surface area contributed by atoms with E-state index in [9.17, 15) is 0 Å². The van der Waals surface area contributed by atoms with Crippen LogP contribution in [0.1, 0.15) is 51.0 Å². The van der Waals surface area contributed by atoms with Crippen LogP contribution < -0.4 is 10.1 Å². The van der Waals surface area contributed by atoms with E-state index in [1.165, 1.54) is 44.1 Å². The van der Waals surface area contributed by atoms with Crippen molar-refractivity contribution < 1.29 is 4.74 Å². The van der Waals surface area contributed by atoms with Gasteiger partial charge in [-0.1, -0.05) is 44.4 Å². The summed E-state index contributed by atoms with van der Waals surface area (Å²) in [6.07, 6.45) is 8.39. The van der Waals surface area contributed by atoms with Crippen LogP contribution in [0.4, 0.5) is 0 Å². The van der Waals surface area contributed by atoms with Crippen molar-refractivity contribution in [2.24, 2.45) is 5.41 Å². The predicted molar refractivity (Wildman–Crippen MR) is 83.2 cm³/mol. The topological polar surface area (TPSA) is 21.3 Å². The monoisotopic (exact) mass is 273 g/mol. The Morgan fingerprint density at radius 2 is 1.95 bits per heavy atom. The molecule has 2 nitrogen and oxygen atoms in total. The van der Waals surface area contributed by atoms with Crippen LogP contribution in [-0.4, -0.2) is 18.7 Å². The van der Waals surface area contributed by atoms with Crippen LogP contribution in [0.15, 0.2) is 24.3 Å². The van der Waals surface area contributed by atoms with Crippen molar-refractivity contribution in [2.45, 2.75) is 64.5 Å². The molecule has 2 aliphatic carbocycles. The average Bonchev–Trinajstić information content (AvgIpc) is 2.49. The number of rotatable bonds is 4. The van der Waals surface area contributed by atoms with Crippen molar-refractivity contribution >= 4 is 0 Å². The van der Waals surface area contributed by atoms with E-state index in [1.54, 1.807) is 0 Å². The van der Waals surface area contributed by atoms with E-state index >= 15 is 0 Å². The summed E-state index contributed by atoms with van der Waals surface area (Å²) in [5, 5.41) is 3.69. The van der Waals surface area contributed by atoms with Gasteiger partial charge in [-0.25, -0.2) is 0 Å². The third-order valence-corrected chi connectivity index (χ3v) is 5.38. The zero-order valence-electron chi connectivity index (χ0n) is 12.8. The Labute approximate surface area is 122 Å². The molecule has 0 aliphatic heterocycles. The molecule has 2 atom stereocenters. The molecule has 1 spiro atoms. The smallest absolute Gasteiger partial charge is 0.122 e. The van der Waals surface area contributed by atoms with Crippen molar-refractivity contribution in [3.63, 3.8) is 0 Å². The van der Waals surface area contributed by atoms with Crippen molar-refractivity contribution in [1.29, 1.82) is 0 Å². The molecular formula is C18H27NO. The number of ether oxygens (including phenoxy) is 1. The standard InChI is InChI=1S/C18H27NO/c1-3-19-16-13-17(18(16)11-7-4-8-12-18)20-15-10-6-5-9-14(15)2/h5-6,9-10,16-17,19H,3-4,7-8,11-13H2,1-2H3. The molecule has 2 fully saturated rings. The Bertz CT molecular complexity index is 450. The quantitative estimate of drug-likeness (QED) is 0.892. The second-order valence-corrected chi connectivity index (χ2v) is 6.51. The van der Waals surface area contributed by atoms with Crippen LogP contribution in [0.25, 0.3) is 0 Å². The molecule has 2 saturated carbocycles. The average molecular weight is 273 g/mol. The van der Waals surface area contributed by atoms with E-state index in [-0.39, 0.29) is 0 Å². The summed E-state index contributed by atoms with van der Waals surface area (Å²) in [6, 6.07) is 9.09. The van der Waals surface area contributed by atoms with Crippen LogP contribution in [0.3, 0.4) is 0 Å². The first-order chi connectivity index (χ1) is 9.76. The van der Waals surface area contributed by atoms with E-state index in [0.29, 0.717) is 17.6 Å². The number of nitrogens with one attached hydrogen (secondary N) is 1. The molecule has 1 N–H and O–H groups in total. The highest BCUT2D eigenvalue weighted by molar-refractivity contribution is 5.32. The molecule has 2 heteroatoms. The van der Waals surface area contributed by atoms with Crippen LogP contribution in [0, 0.1) is 12.3 Å². The minimum Gasteiger partial charge on any atom is -0.489 e. The maximum Gasteiger partial charge on any atom is 0.122 e. The van der Waals surface area contributed by atoms with Crippen molar-refractivity contribution in [3.05, 3.63) is 29.8 Å². The molecule has 2 unspecified atom stereocenters. The maximum atomic E-state index is 6.41. The van der Waals surface area contributed by atoms with E-state index in [2.05, 4.69) is 43.4 Å². The van der Waals surface area contributed by atoms with Gasteiger partial charge >= 0.3 is 0 Å². The van der Waals surface area contributed by atoms with Gasteiger partial charge in [0.15, 0.2) is 0 Å². The zero-order chi connectivity index (χ0) is 14.0. The Kier molecular flexibility index (Phi) is 4.02. The Morgan fingerprint density at radius 3 is 2.65 bits per heavy atom. The predicted octanol–water partition coefficient (Wildman–Crippen LogP) is 4.07. The lowest BCUT2D eigenvalue weighted by molar-refractivity contribution is -0.102. The van der Waals surface area contributed by atoms with Crippen LogP contribution in [0.5, 0.6) is 5.75 Å². The zero-order valence-corrected chi connectivity index (χ0v) is 12.8. The van der Waals surface area contributed by atoms with Gasteiger partial charge in [0.1, 0.15) is 11.9 Å². The lowest BCUT2D eigenvalue weighted by Gasteiger charge is -2.57. The fourth-order valence-electron chi connectivity index (χ4n) is 4.17. The number of hydrogen-bond donors (Lipinski definition) is 1. The molecule has 0 bridgehead atoms. The Hall–Kier alpha value is -1.02. The normalized spacial score (nSPS) is 28.1. The number of para-hydroxylation sites is 1. The van der Waals surface area contributed by atoms with E-state index in [1.807, 2.05) is 0 Å². The summed E-state index contributed by atoms with van der Waals surface area (Å²) in [4.78, 5) is 0. The second kappa shape index (κ2) is 5.77. The molecule has 20 heavy (non-hydrogen) atoms. The molecule has 3 rings (SSSR count). The minimum atomic E-state index is 0.399. The molecule has 1 aromatic carbocycles. The van der Waals surface area contributed by atoms with Crippen molar-refractivity contribution in [2.75, 3.05) is 6.54 Å². The van der Waals surface area contributed by atoms with E-state index < -0.39 is 0 Å². The van der Waals surface area contributed by atoms with Gasteiger partial charge in [0, 0.05) is 17.9 Å². The number of hydrogen-bond acceptors (Lipinski definition) is 2. The molecule has 0 aromatic heterocycles. The molecule has 0 saturated heterocycles. The summed E-state index contributed by atoms with van der Waals surface area (Å²) in [5.41, 5.74) is 1.65. The van der Waals surface area contributed by atoms with Gasteiger partial charge in [0.25, 0.3) is 0 Å². The fourth-order valence-corrected chi connectivity index (χ4v) is 4.17. The third kappa shape index (κ3) is 2.35. The van der Waals surface area contributed by atoms with Gasteiger partial charge in [-0.15, -0.1) is 0 Å². The van der Waals surface area contributed by atoms with Crippen LogP contribution >= 0.6 is 0 Å². The number of aryl methyl sites for hydroxylation is 1. The maximum absolute atomic E-state index is 6.41. The summed E-state index contributed by atoms with van der Waals surface area (Å²) < 4.78 is 6.41. The first-order valence-electron chi connectivity index (χ1n) is 8.22. The van der Waals surface area contributed by atoms with Gasteiger partial charge in [0.05, 0.1) is 0 Å². The summed E-state index contributed by atoms with van der Waals surface area (Å²) in [5.74, 6) is 1.08. The highest BCUT2D eigenvalue weighted by Crippen LogP contribution is 2.53. The lowest BCUT2D eigenvalue weighted by Crippen LogP contribution is -2.65. The third-order valence-electron chi connectivity index (χ3n) is 5.38. The second-order valence-electron chi connectivity index (χ2n) is 6.51.